The van der Waals surface area contributed by atoms with Crippen LogP contribution in [0.15, 0.2) is 24.3 Å². The fraction of sp³-hybridized carbons (Fsp3) is 0.632. The van der Waals surface area contributed by atoms with Crippen molar-refractivity contribution in [3.05, 3.63) is 35.4 Å². The zero-order valence-corrected chi connectivity index (χ0v) is 15.5. The lowest BCUT2D eigenvalue weighted by Crippen LogP contribution is -2.40. The summed E-state index contributed by atoms with van der Waals surface area (Å²) in [6.07, 6.45) is -0.247. The Labute approximate surface area is 141 Å². The van der Waals surface area contributed by atoms with E-state index < -0.39 is 5.60 Å². The van der Waals surface area contributed by atoms with Gasteiger partial charge in [0.1, 0.15) is 5.60 Å². The normalized spacial score (nSPS) is 11.6. The van der Waals surface area contributed by atoms with Crippen molar-refractivity contribution in [3.63, 3.8) is 0 Å². The summed E-state index contributed by atoms with van der Waals surface area (Å²) in [6.45, 7) is 14.9. The van der Waals surface area contributed by atoms with E-state index in [0.29, 0.717) is 19.0 Å². The maximum Gasteiger partial charge on any atom is 0.410 e. The molecule has 0 fully saturated rings. The number of rotatable bonds is 7. The second-order valence-corrected chi connectivity index (χ2v) is 7.13. The van der Waals surface area contributed by atoms with Gasteiger partial charge in [-0.15, -0.1) is 0 Å². The Morgan fingerprint density at radius 1 is 1.22 bits per heavy atom. The first-order chi connectivity index (χ1) is 10.7. The van der Waals surface area contributed by atoms with Crippen LogP contribution in [0.2, 0.25) is 0 Å². The number of hydrogen-bond acceptors (Lipinski definition) is 3. The molecule has 0 radical (unpaired) electrons. The number of hydrogen-bond donors (Lipinski definition) is 1. The van der Waals surface area contributed by atoms with Crippen molar-refractivity contribution < 1.29 is 9.53 Å². The van der Waals surface area contributed by atoms with Gasteiger partial charge in [-0.25, -0.2) is 4.79 Å². The number of carbonyl (C=O) groups is 1. The number of likely N-dealkylation sites (N-methyl/N-ethyl adjacent to an activating group) is 1. The molecule has 0 aliphatic carbocycles. The molecule has 0 unspecified atom stereocenters. The maximum absolute atomic E-state index is 12.0. The lowest BCUT2D eigenvalue weighted by Gasteiger charge is -2.26. The van der Waals surface area contributed by atoms with Gasteiger partial charge in [0, 0.05) is 26.2 Å². The number of amides is 1. The average molecular weight is 320 g/mol. The topological polar surface area (TPSA) is 41.6 Å². The Hall–Kier alpha value is -1.55. The minimum absolute atomic E-state index is 0.247. The number of ether oxygens (including phenoxy) is 1. The minimum Gasteiger partial charge on any atom is -0.444 e. The van der Waals surface area contributed by atoms with Gasteiger partial charge in [0.15, 0.2) is 0 Å². The average Bonchev–Trinajstić information content (AvgIpc) is 2.45. The van der Waals surface area contributed by atoms with E-state index in [2.05, 4.69) is 43.4 Å². The summed E-state index contributed by atoms with van der Waals surface area (Å²) >= 11 is 0. The summed E-state index contributed by atoms with van der Waals surface area (Å²) in [5.74, 6) is 0.559. The highest BCUT2D eigenvalue weighted by Gasteiger charge is 2.20. The fourth-order valence-corrected chi connectivity index (χ4v) is 2.17. The van der Waals surface area contributed by atoms with Crippen molar-refractivity contribution in [2.24, 2.45) is 0 Å². The first kappa shape index (κ1) is 19.5. The van der Waals surface area contributed by atoms with Crippen molar-refractivity contribution in [3.8, 4) is 0 Å². The van der Waals surface area contributed by atoms with Crippen LogP contribution in [-0.2, 0) is 11.3 Å². The molecule has 23 heavy (non-hydrogen) atoms. The third-order valence-corrected chi connectivity index (χ3v) is 3.57. The first-order valence-corrected chi connectivity index (χ1v) is 8.50. The predicted molar refractivity (Wildman–Crippen MR) is 95.7 cm³/mol. The molecule has 1 amide bonds. The molecular formula is C19H32N2O2. The molecule has 1 aromatic rings. The Bertz CT molecular complexity index is 475. The van der Waals surface area contributed by atoms with Gasteiger partial charge in [0.2, 0.25) is 0 Å². The second kappa shape index (κ2) is 8.92. The fourth-order valence-electron chi connectivity index (χ4n) is 2.17. The van der Waals surface area contributed by atoms with Gasteiger partial charge in [0.05, 0.1) is 0 Å². The summed E-state index contributed by atoms with van der Waals surface area (Å²) < 4.78 is 5.40. The Morgan fingerprint density at radius 2 is 1.83 bits per heavy atom. The smallest absolute Gasteiger partial charge is 0.410 e. The van der Waals surface area contributed by atoms with E-state index >= 15 is 0 Å². The number of benzene rings is 1. The third kappa shape index (κ3) is 7.51. The highest BCUT2D eigenvalue weighted by Crippen LogP contribution is 2.14. The van der Waals surface area contributed by atoms with E-state index in [4.69, 9.17) is 4.74 Å². The highest BCUT2D eigenvalue weighted by molar-refractivity contribution is 5.68. The lowest BCUT2D eigenvalue weighted by atomic mass is 10.0. The first-order valence-electron chi connectivity index (χ1n) is 8.50. The highest BCUT2D eigenvalue weighted by atomic mass is 16.6. The summed E-state index contributed by atoms with van der Waals surface area (Å²) in [4.78, 5) is 13.8. The predicted octanol–water partition coefficient (Wildman–Crippen LogP) is 4.16. The van der Waals surface area contributed by atoms with Crippen molar-refractivity contribution in [1.29, 1.82) is 0 Å². The third-order valence-electron chi connectivity index (χ3n) is 3.57. The van der Waals surface area contributed by atoms with Crippen molar-refractivity contribution in [1.82, 2.24) is 10.2 Å². The summed E-state index contributed by atoms with van der Waals surface area (Å²) in [5.41, 5.74) is 2.17. The minimum atomic E-state index is -0.448. The molecule has 4 nitrogen and oxygen atoms in total. The number of nitrogens with zero attached hydrogens (tertiary/aromatic N) is 1. The van der Waals surface area contributed by atoms with Gasteiger partial charge in [-0.2, -0.15) is 0 Å². The molecule has 4 heteroatoms. The van der Waals surface area contributed by atoms with Crippen LogP contribution in [0.5, 0.6) is 0 Å². The van der Waals surface area contributed by atoms with E-state index in [-0.39, 0.29) is 6.09 Å². The van der Waals surface area contributed by atoms with E-state index in [1.165, 1.54) is 11.1 Å². The molecule has 0 heterocycles. The van der Waals surface area contributed by atoms with Gasteiger partial charge < -0.3 is 15.0 Å². The van der Waals surface area contributed by atoms with Crippen LogP contribution in [0.1, 0.15) is 58.6 Å². The van der Waals surface area contributed by atoms with Crippen LogP contribution in [0, 0.1) is 0 Å². The van der Waals surface area contributed by atoms with Crippen molar-refractivity contribution >= 4 is 6.09 Å². The van der Waals surface area contributed by atoms with E-state index in [9.17, 15) is 4.79 Å². The molecule has 130 valence electrons. The lowest BCUT2D eigenvalue weighted by molar-refractivity contribution is 0.0262. The molecule has 0 saturated heterocycles. The summed E-state index contributed by atoms with van der Waals surface area (Å²) in [6, 6.07) is 8.68. The molecule has 1 aromatic carbocycles. The molecular weight excluding hydrogens is 288 g/mol. The molecule has 0 spiro atoms. The van der Waals surface area contributed by atoms with Crippen LogP contribution in [-0.4, -0.2) is 36.2 Å². The van der Waals surface area contributed by atoms with Crippen LogP contribution in [0.4, 0.5) is 4.79 Å². The summed E-state index contributed by atoms with van der Waals surface area (Å²) in [5, 5.41) is 3.38. The van der Waals surface area contributed by atoms with Crippen LogP contribution < -0.4 is 5.32 Å². The van der Waals surface area contributed by atoms with E-state index in [1.807, 2.05) is 27.7 Å². The zero-order chi connectivity index (χ0) is 17.5. The van der Waals surface area contributed by atoms with Gasteiger partial charge >= 0.3 is 6.09 Å². The van der Waals surface area contributed by atoms with Gasteiger partial charge in [-0.1, -0.05) is 38.1 Å². The van der Waals surface area contributed by atoms with Crippen molar-refractivity contribution in [2.45, 2.75) is 59.6 Å². The molecule has 1 N–H and O–H groups in total. The van der Waals surface area contributed by atoms with Crippen LogP contribution >= 0.6 is 0 Å². The molecule has 0 atom stereocenters. The number of nitrogens with one attached hydrogen (secondary N) is 1. The zero-order valence-electron chi connectivity index (χ0n) is 15.5. The van der Waals surface area contributed by atoms with E-state index in [0.717, 1.165) is 13.1 Å². The standard InChI is InChI=1S/C19H32N2O2/c1-7-21(18(22)23-19(4,5)6)13-12-20-14-16-8-10-17(11-9-16)15(2)3/h8-11,15,20H,7,12-14H2,1-6H3. The summed E-state index contributed by atoms with van der Waals surface area (Å²) in [7, 11) is 0. The second-order valence-electron chi connectivity index (χ2n) is 7.13. The Balaban J connectivity index is 2.36. The molecule has 0 aromatic heterocycles. The van der Waals surface area contributed by atoms with E-state index in [1.54, 1.807) is 4.90 Å². The van der Waals surface area contributed by atoms with Crippen LogP contribution in [0.3, 0.4) is 0 Å². The maximum atomic E-state index is 12.0. The molecule has 0 aliphatic heterocycles. The largest absolute Gasteiger partial charge is 0.444 e. The molecule has 0 saturated carbocycles. The van der Waals surface area contributed by atoms with Crippen LogP contribution in [0.25, 0.3) is 0 Å². The SMILES string of the molecule is CCN(CCNCc1ccc(C(C)C)cc1)C(=O)OC(C)(C)C. The molecule has 0 aliphatic rings. The van der Waals surface area contributed by atoms with Gasteiger partial charge in [0.25, 0.3) is 0 Å². The quantitative estimate of drug-likeness (QED) is 0.767. The van der Waals surface area contributed by atoms with Gasteiger partial charge in [-0.05, 0) is 44.7 Å². The number of carbonyl (C=O) groups excluding carboxylic acids is 1. The molecule has 1 rings (SSSR count). The van der Waals surface area contributed by atoms with Gasteiger partial charge in [-0.3, -0.25) is 0 Å². The Morgan fingerprint density at radius 3 is 2.30 bits per heavy atom. The van der Waals surface area contributed by atoms with Crippen molar-refractivity contribution in [2.75, 3.05) is 19.6 Å². The molecule has 0 bridgehead atoms. The Kier molecular flexibility index (Phi) is 7.56. The monoisotopic (exact) mass is 320 g/mol.